The molecule has 0 aliphatic carbocycles. The molecule has 0 aliphatic heterocycles. The maximum Gasteiger partial charge on any atom is 0.0496 e. The van der Waals surface area contributed by atoms with Crippen LogP contribution in [0.4, 0.5) is 0 Å². The first-order chi connectivity index (χ1) is 8.47. The van der Waals surface area contributed by atoms with Crippen LogP contribution in [0.25, 0.3) is 0 Å². The zero-order chi connectivity index (χ0) is 13.7. The average Bonchev–Trinajstić information content (AvgIpc) is 2.31. The van der Waals surface area contributed by atoms with E-state index in [0.29, 0.717) is 6.04 Å². The van der Waals surface area contributed by atoms with E-state index < -0.39 is 0 Å². The van der Waals surface area contributed by atoms with Gasteiger partial charge in [0.05, 0.1) is 0 Å². The second-order valence-corrected chi connectivity index (χ2v) is 6.10. The van der Waals surface area contributed by atoms with Gasteiger partial charge in [0.2, 0.25) is 0 Å². The number of rotatable bonds is 6. The SMILES string of the molecule is CSCC(C)N(C)C(c1ccc(C)cc1)C(C)N. The van der Waals surface area contributed by atoms with E-state index in [2.05, 4.69) is 63.2 Å². The van der Waals surface area contributed by atoms with E-state index in [-0.39, 0.29) is 12.1 Å². The lowest BCUT2D eigenvalue weighted by Gasteiger charge is -2.35. The molecule has 1 rings (SSSR count). The molecule has 0 saturated carbocycles. The summed E-state index contributed by atoms with van der Waals surface area (Å²) in [5.74, 6) is 1.13. The van der Waals surface area contributed by atoms with Crippen molar-refractivity contribution in [1.29, 1.82) is 0 Å². The zero-order valence-electron chi connectivity index (χ0n) is 12.2. The largest absolute Gasteiger partial charge is 0.326 e. The number of likely N-dealkylation sites (N-methyl/N-ethyl adjacent to an activating group) is 1. The Labute approximate surface area is 116 Å². The van der Waals surface area contributed by atoms with Crippen LogP contribution in [0.5, 0.6) is 0 Å². The first-order valence-corrected chi connectivity index (χ1v) is 7.89. The van der Waals surface area contributed by atoms with Gasteiger partial charge in [-0.1, -0.05) is 29.8 Å². The minimum atomic E-state index is 0.127. The van der Waals surface area contributed by atoms with E-state index in [9.17, 15) is 0 Å². The molecule has 3 unspecified atom stereocenters. The van der Waals surface area contributed by atoms with Gasteiger partial charge in [-0.3, -0.25) is 4.90 Å². The molecule has 0 radical (unpaired) electrons. The normalized spacial score (nSPS) is 16.6. The number of nitrogens with zero attached hydrogens (tertiary/aromatic N) is 1. The van der Waals surface area contributed by atoms with Crippen molar-refractivity contribution in [2.75, 3.05) is 19.1 Å². The monoisotopic (exact) mass is 266 g/mol. The second kappa shape index (κ2) is 7.17. The Morgan fingerprint density at radius 2 is 1.78 bits per heavy atom. The summed E-state index contributed by atoms with van der Waals surface area (Å²) in [6.07, 6.45) is 2.15. The summed E-state index contributed by atoms with van der Waals surface area (Å²) in [6.45, 7) is 6.47. The summed E-state index contributed by atoms with van der Waals surface area (Å²) in [7, 11) is 2.18. The van der Waals surface area contributed by atoms with E-state index in [1.807, 2.05) is 11.8 Å². The number of thioether (sulfide) groups is 1. The second-order valence-electron chi connectivity index (χ2n) is 5.18. The lowest BCUT2D eigenvalue weighted by molar-refractivity contribution is 0.178. The van der Waals surface area contributed by atoms with E-state index in [1.54, 1.807) is 0 Å². The molecule has 102 valence electrons. The third-order valence-corrected chi connectivity index (χ3v) is 4.27. The molecule has 0 aliphatic rings. The van der Waals surface area contributed by atoms with Crippen molar-refractivity contribution in [2.45, 2.75) is 38.9 Å². The van der Waals surface area contributed by atoms with E-state index in [1.165, 1.54) is 11.1 Å². The van der Waals surface area contributed by atoms with Gasteiger partial charge < -0.3 is 5.73 Å². The molecule has 0 bridgehead atoms. The van der Waals surface area contributed by atoms with Gasteiger partial charge in [-0.25, -0.2) is 0 Å². The van der Waals surface area contributed by atoms with Gasteiger partial charge >= 0.3 is 0 Å². The van der Waals surface area contributed by atoms with Crippen LogP contribution in [-0.4, -0.2) is 36.0 Å². The topological polar surface area (TPSA) is 29.3 Å². The number of benzene rings is 1. The quantitative estimate of drug-likeness (QED) is 0.858. The summed E-state index contributed by atoms with van der Waals surface area (Å²) < 4.78 is 0. The van der Waals surface area contributed by atoms with Crippen LogP contribution in [0.1, 0.15) is 31.0 Å². The zero-order valence-corrected chi connectivity index (χ0v) is 13.0. The lowest BCUT2D eigenvalue weighted by atomic mass is 9.97. The average molecular weight is 266 g/mol. The minimum absolute atomic E-state index is 0.127. The Morgan fingerprint density at radius 3 is 2.22 bits per heavy atom. The Bertz CT molecular complexity index is 348. The van der Waals surface area contributed by atoms with Gasteiger partial charge in [-0.2, -0.15) is 11.8 Å². The fourth-order valence-corrected chi connectivity index (χ4v) is 3.02. The maximum atomic E-state index is 6.19. The van der Waals surface area contributed by atoms with Crippen LogP contribution in [0.2, 0.25) is 0 Å². The van der Waals surface area contributed by atoms with Gasteiger partial charge in [-0.05, 0) is 39.6 Å². The summed E-state index contributed by atoms with van der Waals surface area (Å²) >= 11 is 1.88. The highest BCUT2D eigenvalue weighted by Gasteiger charge is 2.24. The summed E-state index contributed by atoms with van der Waals surface area (Å²) in [4.78, 5) is 2.39. The standard InChI is InChI=1S/C15H26N2S/c1-11-6-8-14(9-7-11)15(13(3)16)17(4)12(2)10-18-5/h6-9,12-13,15H,10,16H2,1-5H3. The van der Waals surface area contributed by atoms with Crippen molar-refractivity contribution in [3.8, 4) is 0 Å². The molecule has 3 heteroatoms. The molecule has 3 atom stereocenters. The van der Waals surface area contributed by atoms with Crippen LogP contribution in [0.15, 0.2) is 24.3 Å². The van der Waals surface area contributed by atoms with Crippen LogP contribution < -0.4 is 5.73 Å². The summed E-state index contributed by atoms with van der Waals surface area (Å²) in [5, 5.41) is 0. The molecule has 0 amide bonds. The predicted octanol–water partition coefficient (Wildman–Crippen LogP) is 3.07. The highest BCUT2D eigenvalue weighted by molar-refractivity contribution is 7.98. The number of hydrogen-bond donors (Lipinski definition) is 1. The smallest absolute Gasteiger partial charge is 0.0496 e. The van der Waals surface area contributed by atoms with Crippen molar-refractivity contribution in [2.24, 2.45) is 5.73 Å². The molecule has 1 aromatic carbocycles. The molecule has 2 N–H and O–H groups in total. The lowest BCUT2D eigenvalue weighted by Crippen LogP contribution is -2.42. The highest BCUT2D eigenvalue weighted by atomic mass is 32.2. The maximum absolute atomic E-state index is 6.19. The fourth-order valence-electron chi connectivity index (χ4n) is 2.31. The summed E-state index contributed by atoms with van der Waals surface area (Å²) in [5.41, 5.74) is 8.80. The third-order valence-electron chi connectivity index (χ3n) is 3.46. The Balaban J connectivity index is 2.92. The Hall–Kier alpha value is -0.510. The molecule has 0 spiro atoms. The van der Waals surface area contributed by atoms with Crippen molar-refractivity contribution in [3.63, 3.8) is 0 Å². The molecular weight excluding hydrogens is 240 g/mol. The van der Waals surface area contributed by atoms with Gasteiger partial charge in [-0.15, -0.1) is 0 Å². The van der Waals surface area contributed by atoms with Crippen LogP contribution in [0.3, 0.4) is 0 Å². The van der Waals surface area contributed by atoms with Crippen molar-refractivity contribution in [3.05, 3.63) is 35.4 Å². The highest BCUT2D eigenvalue weighted by Crippen LogP contribution is 2.25. The van der Waals surface area contributed by atoms with Gasteiger partial charge in [0.15, 0.2) is 0 Å². The van der Waals surface area contributed by atoms with Gasteiger partial charge in [0.1, 0.15) is 0 Å². The fraction of sp³-hybridized carbons (Fsp3) is 0.600. The molecule has 0 saturated heterocycles. The third kappa shape index (κ3) is 4.01. The molecule has 2 nitrogen and oxygen atoms in total. The number of aryl methyl sites for hydroxylation is 1. The first-order valence-electron chi connectivity index (χ1n) is 6.50. The van der Waals surface area contributed by atoms with Crippen molar-refractivity contribution >= 4 is 11.8 Å². The summed E-state index contributed by atoms with van der Waals surface area (Å²) in [6, 6.07) is 9.67. The molecule has 1 aromatic rings. The number of hydrogen-bond acceptors (Lipinski definition) is 3. The molecule has 0 fully saturated rings. The van der Waals surface area contributed by atoms with E-state index >= 15 is 0 Å². The molecule has 0 heterocycles. The van der Waals surface area contributed by atoms with Gasteiger partial charge in [0, 0.05) is 23.9 Å². The van der Waals surface area contributed by atoms with E-state index in [4.69, 9.17) is 5.73 Å². The van der Waals surface area contributed by atoms with Crippen LogP contribution in [-0.2, 0) is 0 Å². The van der Waals surface area contributed by atoms with Crippen LogP contribution >= 0.6 is 11.8 Å². The van der Waals surface area contributed by atoms with Crippen molar-refractivity contribution in [1.82, 2.24) is 4.90 Å². The van der Waals surface area contributed by atoms with Crippen molar-refractivity contribution < 1.29 is 0 Å². The number of nitrogens with two attached hydrogens (primary N) is 1. The minimum Gasteiger partial charge on any atom is -0.326 e. The molecule has 0 aromatic heterocycles. The van der Waals surface area contributed by atoms with Crippen LogP contribution in [0, 0.1) is 6.92 Å². The van der Waals surface area contributed by atoms with E-state index in [0.717, 1.165) is 5.75 Å². The Morgan fingerprint density at radius 1 is 1.22 bits per heavy atom. The Kier molecular flexibility index (Phi) is 6.19. The van der Waals surface area contributed by atoms with Gasteiger partial charge in [0.25, 0.3) is 0 Å². The first kappa shape index (κ1) is 15.5. The molecular formula is C15H26N2S. The molecule has 18 heavy (non-hydrogen) atoms. The predicted molar refractivity (Wildman–Crippen MR) is 83.2 cm³/mol.